The van der Waals surface area contributed by atoms with Gasteiger partial charge in [0.2, 0.25) is 0 Å². The molecule has 1 unspecified atom stereocenters. The Kier molecular flexibility index (Phi) is 4.93. The van der Waals surface area contributed by atoms with Crippen molar-refractivity contribution in [2.45, 2.75) is 18.4 Å². The van der Waals surface area contributed by atoms with Gasteiger partial charge < -0.3 is 24.2 Å². The number of hydrogen-bond acceptors (Lipinski definition) is 6. The van der Waals surface area contributed by atoms with Crippen LogP contribution in [-0.4, -0.2) is 38.4 Å². The zero-order chi connectivity index (χ0) is 22.3. The minimum Gasteiger partial charge on any atom is -0.507 e. The highest BCUT2D eigenvalue weighted by atomic mass is 16.6. The largest absolute Gasteiger partial charge is 0.507 e. The smallest absolute Gasteiger partial charge is 0.340 e. The molecule has 0 aliphatic carbocycles. The molecule has 0 radical (unpaired) electrons. The van der Waals surface area contributed by atoms with Crippen LogP contribution < -0.4 is 14.4 Å². The fourth-order valence-corrected chi connectivity index (χ4v) is 4.84. The van der Waals surface area contributed by atoms with Crippen LogP contribution in [0.3, 0.4) is 0 Å². The fraction of sp³-hybridized carbons (Fsp3) is 0.269. The van der Waals surface area contributed by atoms with Gasteiger partial charge in [0, 0.05) is 47.6 Å². The fourth-order valence-electron chi connectivity index (χ4n) is 4.84. The second kappa shape index (κ2) is 7.79. The van der Waals surface area contributed by atoms with E-state index in [0.29, 0.717) is 33.8 Å². The average Bonchev–Trinajstić information content (AvgIpc) is 3.46. The van der Waals surface area contributed by atoms with E-state index in [2.05, 4.69) is 4.90 Å². The summed E-state index contributed by atoms with van der Waals surface area (Å²) in [5, 5.41) is 11.2. The van der Waals surface area contributed by atoms with Crippen LogP contribution in [0.2, 0.25) is 0 Å². The van der Waals surface area contributed by atoms with Crippen LogP contribution in [0.5, 0.6) is 17.2 Å². The SMILES string of the molecule is COc1ccc(C2(c3ccc(N4CCCC4)cc3O)OC(=O)c3ccccc32)c(OC)c1. The molecule has 1 fully saturated rings. The Hall–Kier alpha value is -3.67. The van der Waals surface area contributed by atoms with Crippen LogP contribution >= 0.6 is 0 Å². The van der Waals surface area contributed by atoms with E-state index in [-0.39, 0.29) is 5.75 Å². The highest BCUT2D eigenvalue weighted by Gasteiger charge is 2.51. The van der Waals surface area contributed by atoms with E-state index in [1.54, 1.807) is 44.6 Å². The Balaban J connectivity index is 1.76. The first-order valence-electron chi connectivity index (χ1n) is 10.7. The molecule has 3 aromatic rings. The molecule has 3 aromatic carbocycles. The highest BCUT2D eigenvalue weighted by molar-refractivity contribution is 5.96. The van der Waals surface area contributed by atoms with Crippen molar-refractivity contribution in [2.75, 3.05) is 32.2 Å². The summed E-state index contributed by atoms with van der Waals surface area (Å²) in [6.45, 7) is 1.93. The Morgan fingerprint density at radius 1 is 0.906 bits per heavy atom. The molecule has 0 aromatic heterocycles. The van der Waals surface area contributed by atoms with Crippen LogP contribution in [0.25, 0.3) is 0 Å². The Morgan fingerprint density at radius 3 is 2.38 bits per heavy atom. The second-order valence-corrected chi connectivity index (χ2v) is 8.08. The molecule has 1 N–H and O–H groups in total. The first-order valence-corrected chi connectivity index (χ1v) is 10.7. The van der Waals surface area contributed by atoms with Crippen LogP contribution in [0.4, 0.5) is 5.69 Å². The van der Waals surface area contributed by atoms with Crippen LogP contribution in [0.1, 0.15) is 39.9 Å². The number of phenolic OH excluding ortho intramolecular Hbond substituents is 1. The summed E-state index contributed by atoms with van der Waals surface area (Å²) in [4.78, 5) is 15.2. The van der Waals surface area contributed by atoms with Crippen molar-refractivity contribution in [3.63, 3.8) is 0 Å². The summed E-state index contributed by atoms with van der Waals surface area (Å²) < 4.78 is 17.2. The molecule has 0 bridgehead atoms. The number of nitrogens with zero attached hydrogens (tertiary/aromatic N) is 1. The number of carbonyl (C=O) groups is 1. The number of ether oxygens (including phenoxy) is 3. The zero-order valence-electron chi connectivity index (χ0n) is 18.1. The molecular formula is C26H25NO5. The van der Waals surface area contributed by atoms with E-state index in [1.807, 2.05) is 30.3 Å². The molecule has 6 nitrogen and oxygen atoms in total. The maximum Gasteiger partial charge on any atom is 0.340 e. The number of hydrogen-bond donors (Lipinski definition) is 1. The minimum atomic E-state index is -1.35. The van der Waals surface area contributed by atoms with Gasteiger partial charge in [0.25, 0.3) is 0 Å². The van der Waals surface area contributed by atoms with Gasteiger partial charge in [0.1, 0.15) is 17.2 Å². The summed E-state index contributed by atoms with van der Waals surface area (Å²) in [6, 6.07) is 18.2. The van der Waals surface area contributed by atoms with E-state index in [9.17, 15) is 9.90 Å². The lowest BCUT2D eigenvalue weighted by Gasteiger charge is -2.32. The Morgan fingerprint density at radius 2 is 1.66 bits per heavy atom. The standard InChI is InChI=1S/C26H25NO5/c1-30-18-10-12-22(24(16-18)31-2)26(20-8-4-3-7-19(20)25(29)32-26)21-11-9-17(15-23(21)28)27-13-5-6-14-27/h3-4,7-12,15-16,28H,5-6,13-14H2,1-2H3. The van der Waals surface area contributed by atoms with E-state index in [0.717, 1.165) is 31.6 Å². The highest BCUT2D eigenvalue weighted by Crippen LogP contribution is 2.52. The maximum atomic E-state index is 13.0. The predicted molar refractivity (Wildman–Crippen MR) is 121 cm³/mol. The van der Waals surface area contributed by atoms with E-state index in [1.165, 1.54) is 0 Å². The molecule has 1 atom stereocenters. The molecule has 164 valence electrons. The molecule has 5 rings (SSSR count). The molecule has 2 aliphatic rings. The summed E-state index contributed by atoms with van der Waals surface area (Å²) in [5.74, 6) is 0.738. The van der Waals surface area contributed by atoms with Crippen molar-refractivity contribution < 1.29 is 24.1 Å². The minimum absolute atomic E-state index is 0.0665. The van der Waals surface area contributed by atoms with Gasteiger partial charge in [-0.15, -0.1) is 0 Å². The van der Waals surface area contributed by atoms with Gasteiger partial charge in [-0.3, -0.25) is 0 Å². The number of methoxy groups -OCH3 is 2. The van der Waals surface area contributed by atoms with Gasteiger partial charge >= 0.3 is 5.97 Å². The van der Waals surface area contributed by atoms with Gasteiger partial charge in [-0.2, -0.15) is 0 Å². The summed E-state index contributed by atoms with van der Waals surface area (Å²) in [5.41, 5.74) is 1.84. The van der Waals surface area contributed by atoms with Gasteiger partial charge in [-0.05, 0) is 43.2 Å². The summed E-state index contributed by atoms with van der Waals surface area (Å²) in [6.07, 6.45) is 2.28. The van der Waals surface area contributed by atoms with E-state index < -0.39 is 11.6 Å². The lowest BCUT2D eigenvalue weighted by molar-refractivity contribution is 0.0239. The third-order valence-electron chi connectivity index (χ3n) is 6.39. The molecular weight excluding hydrogens is 406 g/mol. The van der Waals surface area contributed by atoms with Crippen molar-refractivity contribution in [2.24, 2.45) is 0 Å². The van der Waals surface area contributed by atoms with E-state index >= 15 is 0 Å². The maximum absolute atomic E-state index is 13.0. The van der Waals surface area contributed by atoms with Gasteiger partial charge in [0.15, 0.2) is 5.60 Å². The van der Waals surface area contributed by atoms with Crippen molar-refractivity contribution in [3.8, 4) is 17.2 Å². The zero-order valence-corrected chi connectivity index (χ0v) is 18.1. The summed E-state index contributed by atoms with van der Waals surface area (Å²) in [7, 11) is 3.14. The van der Waals surface area contributed by atoms with E-state index in [4.69, 9.17) is 14.2 Å². The Bertz CT molecular complexity index is 1180. The number of aromatic hydroxyl groups is 1. The van der Waals surface area contributed by atoms with Gasteiger partial charge in [-0.25, -0.2) is 4.79 Å². The molecule has 32 heavy (non-hydrogen) atoms. The number of carbonyl (C=O) groups excluding carboxylic acids is 1. The lowest BCUT2D eigenvalue weighted by atomic mass is 9.79. The molecule has 6 heteroatoms. The number of rotatable bonds is 5. The molecule has 0 saturated carbocycles. The lowest BCUT2D eigenvalue weighted by Crippen LogP contribution is -2.30. The number of esters is 1. The van der Waals surface area contributed by atoms with Crippen molar-refractivity contribution in [1.29, 1.82) is 0 Å². The van der Waals surface area contributed by atoms with Crippen molar-refractivity contribution >= 4 is 11.7 Å². The molecule has 2 heterocycles. The van der Waals surface area contributed by atoms with Crippen LogP contribution in [0.15, 0.2) is 60.7 Å². The quantitative estimate of drug-likeness (QED) is 0.601. The first-order chi connectivity index (χ1) is 15.6. The van der Waals surface area contributed by atoms with Crippen LogP contribution in [-0.2, 0) is 10.3 Å². The van der Waals surface area contributed by atoms with Crippen molar-refractivity contribution in [3.05, 3.63) is 82.9 Å². The molecule has 1 saturated heterocycles. The number of cyclic esters (lactones) is 1. The van der Waals surface area contributed by atoms with Gasteiger partial charge in [-0.1, -0.05) is 18.2 Å². The topological polar surface area (TPSA) is 68.2 Å². The Labute approximate surface area is 187 Å². The normalized spacial score (nSPS) is 19.6. The van der Waals surface area contributed by atoms with Crippen molar-refractivity contribution in [1.82, 2.24) is 0 Å². The molecule has 0 spiro atoms. The third-order valence-corrected chi connectivity index (χ3v) is 6.39. The second-order valence-electron chi connectivity index (χ2n) is 8.08. The van der Waals surface area contributed by atoms with Gasteiger partial charge in [0.05, 0.1) is 19.8 Å². The number of anilines is 1. The average molecular weight is 431 g/mol. The monoisotopic (exact) mass is 431 g/mol. The first kappa shape index (κ1) is 20.2. The molecule has 0 amide bonds. The number of fused-ring (bicyclic) bond motifs is 1. The van der Waals surface area contributed by atoms with Crippen LogP contribution in [0, 0.1) is 0 Å². The summed E-state index contributed by atoms with van der Waals surface area (Å²) >= 11 is 0. The number of benzene rings is 3. The number of phenols is 1. The molecule has 2 aliphatic heterocycles. The predicted octanol–water partition coefficient (Wildman–Crippen LogP) is 4.47. The third kappa shape index (κ3) is 2.98.